The highest BCUT2D eigenvalue weighted by Crippen LogP contribution is 2.29. The molecule has 0 bridgehead atoms. The maximum absolute atomic E-state index is 12.5. The van der Waals surface area contributed by atoms with Crippen molar-refractivity contribution in [2.75, 3.05) is 0 Å². The molecule has 1 amide bonds. The number of nitrogens with zero attached hydrogens (tertiary/aromatic N) is 2. The number of hydrogen-bond donors (Lipinski definition) is 3. The normalized spacial score (nSPS) is 10.6. The first-order valence-corrected chi connectivity index (χ1v) is 8.16. The van der Waals surface area contributed by atoms with Crippen molar-refractivity contribution in [2.45, 2.75) is 6.92 Å². The number of nitrogens with one attached hydrogen (secondary N) is 2. The first kappa shape index (κ1) is 18.4. The third-order valence-corrected chi connectivity index (χ3v) is 4.34. The molecule has 0 fully saturated rings. The van der Waals surface area contributed by atoms with Crippen LogP contribution >= 0.6 is 12.4 Å². The van der Waals surface area contributed by atoms with E-state index in [1.807, 2.05) is 60.0 Å². The standard InChI is InChI=1S/C20H17N5O.ClH/c1-12-6-7-17-14(10-12)15(19(26)24-20(21)22)11-25(17)18-8-9-23-16-5-3-2-4-13(16)18;/h2-11H,1H3,(H4,21,22,24,26);1H. The number of aromatic nitrogens is 2. The van der Waals surface area contributed by atoms with Crippen molar-refractivity contribution in [3.05, 3.63) is 72.1 Å². The Hall–Kier alpha value is -3.38. The summed E-state index contributed by atoms with van der Waals surface area (Å²) < 4.78 is 1.98. The van der Waals surface area contributed by atoms with E-state index >= 15 is 0 Å². The van der Waals surface area contributed by atoms with Gasteiger partial charge in [-0.05, 0) is 31.2 Å². The number of amides is 1. The zero-order chi connectivity index (χ0) is 18.3. The van der Waals surface area contributed by atoms with Crippen LogP contribution in [-0.2, 0) is 0 Å². The number of carbonyl (C=O) groups is 1. The average molecular weight is 380 g/mol. The largest absolute Gasteiger partial charge is 0.370 e. The van der Waals surface area contributed by atoms with Gasteiger partial charge < -0.3 is 10.3 Å². The summed E-state index contributed by atoms with van der Waals surface area (Å²) in [6.45, 7) is 1.98. The van der Waals surface area contributed by atoms with Crippen LogP contribution < -0.4 is 11.1 Å². The second-order valence-electron chi connectivity index (χ2n) is 6.15. The van der Waals surface area contributed by atoms with Gasteiger partial charge in [0.05, 0.1) is 22.3 Å². The zero-order valence-corrected chi connectivity index (χ0v) is 15.4. The van der Waals surface area contributed by atoms with Crippen LogP contribution in [0.15, 0.2) is 60.9 Å². The molecule has 0 spiro atoms. The predicted molar refractivity (Wildman–Crippen MR) is 110 cm³/mol. The number of aryl methyl sites for hydroxylation is 1. The van der Waals surface area contributed by atoms with Crippen LogP contribution in [0.2, 0.25) is 0 Å². The Balaban J connectivity index is 0.00000210. The van der Waals surface area contributed by atoms with Gasteiger partial charge in [0, 0.05) is 23.2 Å². The smallest absolute Gasteiger partial charge is 0.260 e. The SMILES string of the molecule is Cc1ccc2c(c1)c(C(=O)NC(=N)N)cn2-c1ccnc2ccccc12.Cl. The minimum atomic E-state index is -0.398. The lowest BCUT2D eigenvalue weighted by molar-refractivity contribution is 0.0978. The molecular formula is C20H18ClN5O. The van der Waals surface area contributed by atoms with E-state index in [0.717, 1.165) is 33.1 Å². The third-order valence-electron chi connectivity index (χ3n) is 4.34. The summed E-state index contributed by atoms with van der Waals surface area (Å²) >= 11 is 0. The van der Waals surface area contributed by atoms with E-state index in [0.29, 0.717) is 5.56 Å². The van der Waals surface area contributed by atoms with Crippen molar-refractivity contribution in [1.82, 2.24) is 14.9 Å². The van der Waals surface area contributed by atoms with Gasteiger partial charge >= 0.3 is 0 Å². The topological polar surface area (TPSA) is 96.8 Å². The molecule has 0 saturated heterocycles. The summed E-state index contributed by atoms with van der Waals surface area (Å²) in [4.78, 5) is 16.9. The fourth-order valence-corrected chi connectivity index (χ4v) is 3.20. The molecule has 7 heteroatoms. The van der Waals surface area contributed by atoms with Crippen molar-refractivity contribution in [3.63, 3.8) is 0 Å². The van der Waals surface area contributed by atoms with E-state index in [4.69, 9.17) is 11.1 Å². The highest BCUT2D eigenvalue weighted by atomic mass is 35.5. The fourth-order valence-electron chi connectivity index (χ4n) is 3.20. The Bertz CT molecular complexity index is 1180. The highest BCUT2D eigenvalue weighted by Gasteiger charge is 2.17. The fraction of sp³-hybridized carbons (Fsp3) is 0.0500. The maximum atomic E-state index is 12.5. The van der Waals surface area contributed by atoms with E-state index in [-0.39, 0.29) is 18.4 Å². The molecule has 0 aliphatic carbocycles. The maximum Gasteiger partial charge on any atom is 0.260 e. The van der Waals surface area contributed by atoms with Gasteiger partial charge in [-0.1, -0.05) is 29.8 Å². The lowest BCUT2D eigenvalue weighted by Gasteiger charge is -2.09. The summed E-state index contributed by atoms with van der Waals surface area (Å²) in [5, 5.41) is 11.5. The first-order chi connectivity index (χ1) is 12.5. The monoisotopic (exact) mass is 379 g/mol. The second kappa shape index (κ2) is 7.09. The molecule has 4 aromatic rings. The van der Waals surface area contributed by atoms with Crippen LogP contribution in [0.3, 0.4) is 0 Å². The number of para-hydroxylation sites is 1. The average Bonchev–Trinajstić information content (AvgIpc) is 2.99. The lowest BCUT2D eigenvalue weighted by atomic mass is 10.1. The predicted octanol–water partition coefficient (Wildman–Crippen LogP) is 3.53. The highest BCUT2D eigenvalue weighted by molar-refractivity contribution is 6.12. The number of pyridine rings is 1. The molecule has 2 aromatic heterocycles. The molecule has 2 heterocycles. The summed E-state index contributed by atoms with van der Waals surface area (Å²) in [5.74, 6) is -0.775. The van der Waals surface area contributed by atoms with Crippen LogP contribution in [0.4, 0.5) is 0 Å². The van der Waals surface area contributed by atoms with Gasteiger partial charge in [-0.3, -0.25) is 20.5 Å². The number of benzene rings is 2. The molecule has 4 N–H and O–H groups in total. The second-order valence-corrected chi connectivity index (χ2v) is 6.15. The van der Waals surface area contributed by atoms with Crippen LogP contribution in [0.25, 0.3) is 27.5 Å². The number of halogens is 1. The van der Waals surface area contributed by atoms with Gasteiger partial charge in [0.25, 0.3) is 5.91 Å². The summed E-state index contributed by atoms with van der Waals surface area (Å²) in [7, 11) is 0. The van der Waals surface area contributed by atoms with Gasteiger partial charge in [0.2, 0.25) is 0 Å². The Morgan fingerprint density at radius 1 is 1.15 bits per heavy atom. The van der Waals surface area contributed by atoms with E-state index in [2.05, 4.69) is 10.3 Å². The number of rotatable bonds is 2. The number of hydrogen-bond acceptors (Lipinski definition) is 3. The number of carbonyl (C=O) groups excluding carboxylic acids is 1. The minimum Gasteiger partial charge on any atom is -0.370 e. The van der Waals surface area contributed by atoms with Crippen molar-refractivity contribution in [3.8, 4) is 5.69 Å². The Morgan fingerprint density at radius 3 is 2.70 bits per heavy atom. The van der Waals surface area contributed by atoms with E-state index in [9.17, 15) is 4.79 Å². The van der Waals surface area contributed by atoms with Crippen LogP contribution in [0.1, 0.15) is 15.9 Å². The lowest BCUT2D eigenvalue weighted by Crippen LogP contribution is -2.35. The van der Waals surface area contributed by atoms with Gasteiger partial charge in [-0.15, -0.1) is 12.4 Å². The molecule has 0 aliphatic rings. The zero-order valence-electron chi connectivity index (χ0n) is 14.6. The molecule has 136 valence electrons. The molecule has 0 saturated carbocycles. The Labute approximate surface area is 161 Å². The van der Waals surface area contributed by atoms with Crippen molar-refractivity contribution < 1.29 is 4.79 Å². The molecule has 27 heavy (non-hydrogen) atoms. The Kier molecular flexibility index (Phi) is 4.83. The van der Waals surface area contributed by atoms with Crippen LogP contribution in [0.5, 0.6) is 0 Å². The molecule has 4 rings (SSSR count). The van der Waals surface area contributed by atoms with E-state index < -0.39 is 5.91 Å². The molecule has 0 aliphatic heterocycles. The number of fused-ring (bicyclic) bond motifs is 2. The van der Waals surface area contributed by atoms with Crippen molar-refractivity contribution >= 4 is 46.1 Å². The summed E-state index contributed by atoms with van der Waals surface area (Å²) in [6.07, 6.45) is 3.54. The Morgan fingerprint density at radius 2 is 1.93 bits per heavy atom. The molecular weight excluding hydrogens is 362 g/mol. The van der Waals surface area contributed by atoms with E-state index in [1.54, 1.807) is 12.4 Å². The van der Waals surface area contributed by atoms with Gasteiger partial charge in [-0.2, -0.15) is 0 Å². The third kappa shape index (κ3) is 3.22. The molecule has 6 nitrogen and oxygen atoms in total. The molecule has 2 aromatic carbocycles. The summed E-state index contributed by atoms with van der Waals surface area (Å²) in [6, 6.07) is 15.8. The molecule has 0 radical (unpaired) electrons. The van der Waals surface area contributed by atoms with Gasteiger partial charge in [0.15, 0.2) is 5.96 Å². The van der Waals surface area contributed by atoms with Crippen molar-refractivity contribution in [2.24, 2.45) is 5.73 Å². The van der Waals surface area contributed by atoms with Gasteiger partial charge in [0.1, 0.15) is 0 Å². The number of nitrogens with two attached hydrogens (primary N) is 1. The van der Waals surface area contributed by atoms with Crippen LogP contribution in [0, 0.1) is 12.3 Å². The van der Waals surface area contributed by atoms with Crippen LogP contribution in [-0.4, -0.2) is 21.4 Å². The molecule has 0 unspecified atom stereocenters. The quantitative estimate of drug-likeness (QED) is 0.367. The number of guanidine groups is 1. The first-order valence-electron chi connectivity index (χ1n) is 8.16. The van der Waals surface area contributed by atoms with Crippen molar-refractivity contribution in [1.29, 1.82) is 5.41 Å². The van der Waals surface area contributed by atoms with Gasteiger partial charge in [-0.25, -0.2) is 0 Å². The summed E-state index contributed by atoms with van der Waals surface area (Å²) in [5.41, 5.74) is 9.58. The molecule has 0 atom stereocenters. The minimum absolute atomic E-state index is 0. The van der Waals surface area contributed by atoms with E-state index in [1.165, 1.54) is 0 Å².